The Morgan fingerprint density at radius 2 is 1.75 bits per heavy atom. The molecular formula is C23H23FN2O6. The number of hydrogen-bond donors (Lipinski definition) is 1. The van der Waals surface area contributed by atoms with Crippen molar-refractivity contribution < 1.29 is 33.0 Å². The molecule has 1 fully saturated rings. The largest absolute Gasteiger partial charge is 0.462 e. The molecule has 2 aromatic carbocycles. The zero-order valence-corrected chi connectivity index (χ0v) is 17.5. The minimum absolute atomic E-state index is 0.0482. The number of amides is 2. The average molecular weight is 442 g/mol. The van der Waals surface area contributed by atoms with Crippen molar-refractivity contribution in [1.29, 1.82) is 0 Å². The number of carbonyl (C=O) groups excluding carboxylic acids is 4. The summed E-state index contributed by atoms with van der Waals surface area (Å²) < 4.78 is 23.2. The highest BCUT2D eigenvalue weighted by Crippen LogP contribution is 2.26. The molecule has 1 heterocycles. The monoisotopic (exact) mass is 442 g/mol. The summed E-state index contributed by atoms with van der Waals surface area (Å²) >= 11 is 0. The number of hydrogen-bond acceptors (Lipinski definition) is 6. The summed E-state index contributed by atoms with van der Waals surface area (Å²) in [7, 11) is 0. The van der Waals surface area contributed by atoms with E-state index in [1.54, 1.807) is 12.1 Å². The van der Waals surface area contributed by atoms with Gasteiger partial charge in [0.1, 0.15) is 5.82 Å². The van der Waals surface area contributed by atoms with Crippen LogP contribution in [-0.4, -0.2) is 43.5 Å². The molecule has 0 aromatic heterocycles. The lowest BCUT2D eigenvalue weighted by atomic mass is 10.1. The molecule has 0 spiro atoms. The summed E-state index contributed by atoms with van der Waals surface area (Å²) in [6.07, 6.45) is 0.672. The molecule has 0 unspecified atom stereocenters. The molecule has 1 atom stereocenters. The van der Waals surface area contributed by atoms with Gasteiger partial charge in [-0.3, -0.25) is 14.4 Å². The topological polar surface area (TPSA) is 102 Å². The number of anilines is 2. The van der Waals surface area contributed by atoms with Crippen LogP contribution in [0.25, 0.3) is 0 Å². The lowest BCUT2D eigenvalue weighted by Crippen LogP contribution is -2.28. The minimum Gasteiger partial charge on any atom is -0.462 e. The smallest absolute Gasteiger partial charge is 0.338 e. The summed E-state index contributed by atoms with van der Waals surface area (Å²) in [4.78, 5) is 49.7. The van der Waals surface area contributed by atoms with E-state index in [2.05, 4.69) is 5.32 Å². The SMILES string of the molecule is CCCOC(=O)c1ccc(NC(=O)COC(=O)[C@@H]2CC(=O)N(c3ccc(F)cc3)C2)cc1. The highest BCUT2D eigenvalue weighted by atomic mass is 19.1. The maximum Gasteiger partial charge on any atom is 0.338 e. The quantitative estimate of drug-likeness (QED) is 0.631. The lowest BCUT2D eigenvalue weighted by Gasteiger charge is -2.16. The molecule has 1 N–H and O–H groups in total. The van der Waals surface area contributed by atoms with Gasteiger partial charge in [-0.2, -0.15) is 0 Å². The van der Waals surface area contributed by atoms with Crippen molar-refractivity contribution in [3.8, 4) is 0 Å². The van der Waals surface area contributed by atoms with Gasteiger partial charge in [-0.1, -0.05) is 6.92 Å². The normalized spacial score (nSPS) is 15.4. The van der Waals surface area contributed by atoms with E-state index in [-0.39, 0.29) is 18.9 Å². The molecule has 0 aliphatic carbocycles. The van der Waals surface area contributed by atoms with Gasteiger partial charge in [-0.15, -0.1) is 0 Å². The average Bonchev–Trinajstić information content (AvgIpc) is 3.18. The van der Waals surface area contributed by atoms with Gasteiger partial charge in [0.25, 0.3) is 5.91 Å². The number of ether oxygens (including phenoxy) is 2. The Kier molecular flexibility index (Phi) is 7.54. The second-order valence-electron chi connectivity index (χ2n) is 7.25. The highest BCUT2D eigenvalue weighted by molar-refractivity contribution is 6.00. The van der Waals surface area contributed by atoms with E-state index >= 15 is 0 Å². The molecule has 1 aliphatic heterocycles. The van der Waals surface area contributed by atoms with E-state index in [1.807, 2.05) is 6.92 Å². The van der Waals surface area contributed by atoms with E-state index in [0.717, 1.165) is 6.42 Å². The fourth-order valence-electron chi connectivity index (χ4n) is 3.16. The molecule has 1 aliphatic rings. The first-order chi connectivity index (χ1) is 15.4. The summed E-state index contributed by atoms with van der Waals surface area (Å²) in [5, 5.41) is 2.56. The zero-order chi connectivity index (χ0) is 23.1. The predicted octanol–water partition coefficient (Wildman–Crippen LogP) is 2.93. The van der Waals surface area contributed by atoms with Crippen molar-refractivity contribution in [3.05, 3.63) is 59.9 Å². The number of nitrogens with one attached hydrogen (secondary N) is 1. The highest BCUT2D eigenvalue weighted by Gasteiger charge is 2.36. The van der Waals surface area contributed by atoms with Crippen LogP contribution in [0.5, 0.6) is 0 Å². The van der Waals surface area contributed by atoms with Crippen LogP contribution in [0.2, 0.25) is 0 Å². The van der Waals surface area contributed by atoms with E-state index in [4.69, 9.17) is 9.47 Å². The molecule has 2 amide bonds. The summed E-state index contributed by atoms with van der Waals surface area (Å²) in [6.45, 7) is 1.81. The Morgan fingerprint density at radius 1 is 1.06 bits per heavy atom. The molecule has 3 rings (SSSR count). The molecule has 0 radical (unpaired) electrons. The second kappa shape index (κ2) is 10.5. The van der Waals surface area contributed by atoms with Crippen molar-refractivity contribution in [2.24, 2.45) is 5.92 Å². The predicted molar refractivity (Wildman–Crippen MR) is 113 cm³/mol. The fraction of sp³-hybridized carbons (Fsp3) is 0.304. The summed E-state index contributed by atoms with van der Waals surface area (Å²) in [5.41, 5.74) is 1.28. The summed E-state index contributed by atoms with van der Waals surface area (Å²) in [5.74, 6) is -3.08. The van der Waals surface area contributed by atoms with Crippen LogP contribution in [0, 0.1) is 11.7 Å². The standard InChI is InChI=1S/C23H23FN2O6/c1-2-11-31-22(29)15-3-7-18(8-4-15)25-20(27)14-32-23(30)16-12-21(28)26(13-16)19-9-5-17(24)6-10-19/h3-10,16H,2,11-14H2,1H3,(H,25,27)/t16-/m1/s1. The van der Waals surface area contributed by atoms with Gasteiger partial charge in [0.15, 0.2) is 6.61 Å². The molecule has 32 heavy (non-hydrogen) atoms. The molecule has 0 saturated carbocycles. The van der Waals surface area contributed by atoms with Gasteiger partial charge in [0, 0.05) is 24.3 Å². The first-order valence-corrected chi connectivity index (χ1v) is 10.2. The first kappa shape index (κ1) is 22.9. The van der Waals surface area contributed by atoms with E-state index in [1.165, 1.54) is 41.3 Å². The van der Waals surface area contributed by atoms with E-state index < -0.39 is 36.2 Å². The molecule has 8 nitrogen and oxygen atoms in total. The van der Waals surface area contributed by atoms with Gasteiger partial charge >= 0.3 is 11.9 Å². The molecular weight excluding hydrogens is 419 g/mol. The molecule has 0 bridgehead atoms. The Balaban J connectivity index is 1.46. The van der Waals surface area contributed by atoms with Gasteiger partial charge in [-0.05, 0) is 55.0 Å². The van der Waals surface area contributed by atoms with Crippen LogP contribution < -0.4 is 10.2 Å². The molecule has 9 heteroatoms. The fourth-order valence-corrected chi connectivity index (χ4v) is 3.16. The van der Waals surface area contributed by atoms with Gasteiger partial charge in [0.05, 0.1) is 18.1 Å². The van der Waals surface area contributed by atoms with Crippen LogP contribution in [0.1, 0.15) is 30.1 Å². The maximum absolute atomic E-state index is 13.1. The van der Waals surface area contributed by atoms with Crippen molar-refractivity contribution in [3.63, 3.8) is 0 Å². The Hall–Kier alpha value is -3.75. The number of nitrogens with zero attached hydrogens (tertiary/aromatic N) is 1. The van der Waals surface area contributed by atoms with Crippen molar-refractivity contribution in [1.82, 2.24) is 0 Å². The van der Waals surface area contributed by atoms with Gasteiger partial charge in [0.2, 0.25) is 5.91 Å². The third-order valence-electron chi connectivity index (χ3n) is 4.78. The Labute approximate surface area is 184 Å². The lowest BCUT2D eigenvalue weighted by molar-refractivity contribution is -0.151. The van der Waals surface area contributed by atoms with E-state index in [9.17, 15) is 23.6 Å². The van der Waals surface area contributed by atoms with Crippen molar-refractivity contribution in [2.75, 3.05) is 30.0 Å². The van der Waals surface area contributed by atoms with Crippen molar-refractivity contribution >= 4 is 35.1 Å². The number of carbonyl (C=O) groups is 4. The molecule has 2 aromatic rings. The first-order valence-electron chi connectivity index (χ1n) is 10.2. The van der Waals surface area contributed by atoms with E-state index in [0.29, 0.717) is 23.5 Å². The second-order valence-corrected chi connectivity index (χ2v) is 7.25. The summed E-state index contributed by atoms with van der Waals surface area (Å²) in [6, 6.07) is 11.5. The van der Waals surface area contributed by atoms with Crippen molar-refractivity contribution in [2.45, 2.75) is 19.8 Å². The molecule has 168 valence electrons. The number of rotatable bonds is 8. The van der Waals surface area contributed by atoms with Gasteiger partial charge < -0.3 is 19.7 Å². The zero-order valence-electron chi connectivity index (χ0n) is 17.5. The Bertz CT molecular complexity index is 991. The maximum atomic E-state index is 13.1. The van der Waals surface area contributed by atoms with Crippen LogP contribution in [0.4, 0.5) is 15.8 Å². The minimum atomic E-state index is -0.714. The van der Waals surface area contributed by atoms with Gasteiger partial charge in [-0.25, -0.2) is 9.18 Å². The van der Waals surface area contributed by atoms with Crippen LogP contribution in [0.15, 0.2) is 48.5 Å². The number of esters is 2. The van der Waals surface area contributed by atoms with Crippen LogP contribution in [0.3, 0.4) is 0 Å². The van der Waals surface area contributed by atoms with Crippen LogP contribution in [-0.2, 0) is 23.9 Å². The molecule has 1 saturated heterocycles. The third kappa shape index (κ3) is 5.90. The Morgan fingerprint density at radius 3 is 2.41 bits per heavy atom. The third-order valence-corrected chi connectivity index (χ3v) is 4.78. The number of halogens is 1. The van der Waals surface area contributed by atoms with Crippen LogP contribution >= 0.6 is 0 Å². The number of benzene rings is 2.